The Bertz CT molecular complexity index is 592. The van der Waals surface area contributed by atoms with Gasteiger partial charge in [0.25, 0.3) is 0 Å². The lowest BCUT2D eigenvalue weighted by Gasteiger charge is -2.21. The van der Waals surface area contributed by atoms with Crippen LogP contribution in [0.4, 0.5) is 0 Å². The van der Waals surface area contributed by atoms with Gasteiger partial charge in [0.2, 0.25) is 0 Å². The molecule has 1 saturated carbocycles. The summed E-state index contributed by atoms with van der Waals surface area (Å²) in [5, 5.41) is 10.1. The maximum Gasteiger partial charge on any atom is 0.178 e. The van der Waals surface area contributed by atoms with Gasteiger partial charge in [-0.3, -0.25) is 0 Å². The second-order valence-corrected chi connectivity index (χ2v) is 8.10. The summed E-state index contributed by atoms with van der Waals surface area (Å²) in [4.78, 5) is 0.249. The topological polar surface area (TPSA) is 54.4 Å². The Kier molecular flexibility index (Phi) is 5.31. The molecule has 0 amide bonds. The summed E-state index contributed by atoms with van der Waals surface area (Å²) in [5.41, 5.74) is 0.423. The predicted molar refractivity (Wildman–Crippen MR) is 84.9 cm³/mol. The molecule has 1 aliphatic rings. The highest BCUT2D eigenvalue weighted by atomic mass is 32.2. The van der Waals surface area contributed by atoms with Gasteiger partial charge in [-0.2, -0.15) is 0 Å². The Morgan fingerprint density at radius 2 is 2.10 bits per heavy atom. The van der Waals surface area contributed by atoms with Crippen molar-refractivity contribution in [1.29, 1.82) is 0 Å². The van der Waals surface area contributed by atoms with Gasteiger partial charge in [-0.1, -0.05) is 44.7 Å². The Hall–Kier alpha value is -0.870. The number of benzene rings is 1. The summed E-state index contributed by atoms with van der Waals surface area (Å²) < 4.78 is 33.1. The van der Waals surface area contributed by atoms with Gasteiger partial charge in [-0.25, -0.2) is 8.42 Å². The van der Waals surface area contributed by atoms with Gasteiger partial charge in [-0.15, -0.1) is 0 Å². The second-order valence-electron chi connectivity index (χ2n) is 6.07. The lowest BCUT2D eigenvalue weighted by molar-refractivity contribution is 0.166. The average molecular weight is 311 g/mol. The second kappa shape index (κ2) is 7.41. The minimum absolute atomic E-state index is 0.188. The molecule has 1 atom stereocenters. The zero-order valence-corrected chi connectivity index (χ0v) is 13.5. The Morgan fingerprint density at radius 3 is 2.76 bits per heavy atom. The fourth-order valence-corrected chi connectivity index (χ4v) is 4.77. The molecule has 0 aromatic heterocycles. The molecule has 1 N–H and O–H groups in total. The van der Waals surface area contributed by atoms with Crippen LogP contribution in [0.3, 0.4) is 0 Å². The van der Waals surface area contributed by atoms with E-state index < -0.39 is 15.9 Å². The van der Waals surface area contributed by atoms with Crippen LogP contribution >= 0.6 is 0 Å². The van der Waals surface area contributed by atoms with E-state index in [1.807, 2.05) is 6.92 Å². The maximum atomic E-state index is 12.6. The Balaban J connectivity index is 2.21. The van der Waals surface area contributed by atoms with Crippen LogP contribution in [-0.2, 0) is 9.84 Å². The molecule has 1 aliphatic carbocycles. The molecule has 0 spiro atoms. The molecular weight excluding hydrogens is 284 g/mol. The van der Waals surface area contributed by atoms with Crippen molar-refractivity contribution in [2.75, 3.05) is 5.75 Å². The molecule has 0 saturated heterocycles. The minimum Gasteiger partial charge on any atom is -0.388 e. The minimum atomic E-state index is -3.34. The van der Waals surface area contributed by atoms with Crippen LogP contribution in [0.2, 0.25) is 0 Å². The normalized spacial score (nSPS) is 19.2. The summed E-state index contributed by atoms with van der Waals surface area (Å²) in [7, 11) is -3.34. The van der Waals surface area contributed by atoms with Crippen molar-refractivity contribution in [3.8, 4) is 0 Å². The first-order valence-corrected chi connectivity index (χ1v) is 9.60. The van der Waals surface area contributed by atoms with E-state index in [1.54, 1.807) is 0 Å². The van der Waals surface area contributed by atoms with Gasteiger partial charge in [0.15, 0.2) is 9.84 Å². The Labute approximate surface area is 129 Å². The number of sulfone groups is 1. The van der Waals surface area contributed by atoms with Gasteiger partial charge < -0.3 is 5.11 Å². The summed E-state index contributed by atoms with van der Waals surface area (Å²) in [6, 6.07) is 4.70. The maximum absolute atomic E-state index is 12.6. The van der Waals surface area contributed by atoms with Crippen molar-refractivity contribution in [2.45, 2.75) is 62.9 Å². The SMILES string of the molecule is [2H]c1ccc(S(=O)(=O)CC2CCCCC2)cc1C(O)CCC. The van der Waals surface area contributed by atoms with Crippen LogP contribution in [0, 0.1) is 5.92 Å². The van der Waals surface area contributed by atoms with E-state index in [-0.39, 0.29) is 22.6 Å². The molecule has 3 nitrogen and oxygen atoms in total. The summed E-state index contributed by atoms with van der Waals surface area (Å²) in [6.07, 6.45) is 5.98. The third-order valence-corrected chi connectivity index (χ3v) is 6.14. The molecule has 4 heteroatoms. The molecule has 118 valence electrons. The highest BCUT2D eigenvalue weighted by molar-refractivity contribution is 7.91. The number of hydrogen-bond donors (Lipinski definition) is 1. The van der Waals surface area contributed by atoms with Gasteiger partial charge in [0.1, 0.15) is 0 Å². The molecule has 1 aromatic rings. The van der Waals surface area contributed by atoms with Crippen molar-refractivity contribution >= 4 is 9.84 Å². The smallest absolute Gasteiger partial charge is 0.178 e. The van der Waals surface area contributed by atoms with Gasteiger partial charge in [0, 0.05) is 0 Å². The lowest BCUT2D eigenvalue weighted by Crippen LogP contribution is -2.19. The first kappa shape index (κ1) is 15.0. The number of aliphatic hydroxyl groups excluding tert-OH is 1. The fourth-order valence-electron chi connectivity index (χ4n) is 3.04. The third-order valence-electron chi connectivity index (χ3n) is 4.26. The van der Waals surface area contributed by atoms with Gasteiger partial charge >= 0.3 is 0 Å². The van der Waals surface area contributed by atoms with Crippen molar-refractivity contribution in [2.24, 2.45) is 5.92 Å². The highest BCUT2D eigenvalue weighted by Gasteiger charge is 2.23. The standard InChI is InChI=1S/C17H26O3S/c1-2-7-17(18)15-10-6-11-16(12-15)21(19,20)13-14-8-4-3-5-9-14/h6,10-12,14,17-18H,2-5,7-9,13H2,1H3/i10D. The average Bonchev–Trinajstić information content (AvgIpc) is 2.48. The van der Waals surface area contributed by atoms with Crippen LogP contribution in [0.15, 0.2) is 29.1 Å². The molecule has 21 heavy (non-hydrogen) atoms. The van der Waals surface area contributed by atoms with Crippen LogP contribution in [0.1, 0.15) is 64.9 Å². The third kappa shape index (κ3) is 4.55. The Morgan fingerprint density at radius 1 is 1.38 bits per heavy atom. The molecule has 0 heterocycles. The molecular formula is C17H26O3S. The molecule has 1 fully saturated rings. The van der Waals surface area contributed by atoms with E-state index in [4.69, 9.17) is 1.37 Å². The fraction of sp³-hybridized carbons (Fsp3) is 0.647. The molecule has 2 rings (SSSR count). The largest absolute Gasteiger partial charge is 0.388 e. The summed E-state index contributed by atoms with van der Waals surface area (Å²) >= 11 is 0. The zero-order valence-electron chi connectivity index (χ0n) is 13.7. The van der Waals surface area contributed by atoms with E-state index in [0.29, 0.717) is 12.0 Å². The van der Waals surface area contributed by atoms with E-state index in [2.05, 4.69) is 0 Å². The lowest BCUT2D eigenvalue weighted by atomic mass is 9.91. The molecule has 1 aromatic carbocycles. The molecule has 0 aliphatic heterocycles. The van der Waals surface area contributed by atoms with Crippen LogP contribution in [0.5, 0.6) is 0 Å². The molecule has 0 bridgehead atoms. The van der Waals surface area contributed by atoms with E-state index >= 15 is 0 Å². The predicted octanol–water partition coefficient (Wildman–Crippen LogP) is 3.87. The van der Waals surface area contributed by atoms with Gasteiger partial charge in [0.05, 0.1) is 18.1 Å². The highest BCUT2D eigenvalue weighted by Crippen LogP contribution is 2.28. The first-order chi connectivity index (χ1) is 10.4. The van der Waals surface area contributed by atoms with Crippen molar-refractivity contribution in [3.05, 3.63) is 29.8 Å². The zero-order chi connectivity index (χ0) is 16.2. The number of hydrogen-bond acceptors (Lipinski definition) is 3. The quantitative estimate of drug-likeness (QED) is 0.867. The van der Waals surface area contributed by atoms with E-state index in [9.17, 15) is 13.5 Å². The van der Waals surface area contributed by atoms with Crippen molar-refractivity contribution < 1.29 is 14.9 Å². The molecule has 0 radical (unpaired) electrons. The first-order valence-electron chi connectivity index (χ1n) is 8.45. The van der Waals surface area contributed by atoms with Crippen LogP contribution in [0.25, 0.3) is 0 Å². The van der Waals surface area contributed by atoms with Crippen molar-refractivity contribution in [1.82, 2.24) is 0 Å². The van der Waals surface area contributed by atoms with Crippen molar-refractivity contribution in [3.63, 3.8) is 0 Å². The number of rotatable bonds is 6. The summed E-state index contributed by atoms with van der Waals surface area (Å²) in [5.74, 6) is 0.437. The van der Waals surface area contributed by atoms with E-state index in [0.717, 1.165) is 32.1 Å². The van der Waals surface area contributed by atoms with E-state index in [1.165, 1.54) is 24.6 Å². The number of aliphatic hydroxyl groups is 1. The monoisotopic (exact) mass is 311 g/mol. The van der Waals surface area contributed by atoms with Crippen LogP contribution < -0.4 is 0 Å². The van der Waals surface area contributed by atoms with Crippen LogP contribution in [-0.4, -0.2) is 19.3 Å². The summed E-state index contributed by atoms with van der Waals surface area (Å²) in [6.45, 7) is 1.95. The van der Waals surface area contributed by atoms with Gasteiger partial charge in [-0.05, 0) is 42.9 Å². The molecule has 1 unspecified atom stereocenters.